The van der Waals surface area contributed by atoms with Crippen molar-refractivity contribution in [2.45, 2.75) is 77.1 Å². The van der Waals surface area contributed by atoms with Gasteiger partial charge >= 0.3 is 6.03 Å². The van der Waals surface area contributed by atoms with Gasteiger partial charge in [0.1, 0.15) is 18.3 Å². The van der Waals surface area contributed by atoms with E-state index >= 15 is 0 Å². The van der Waals surface area contributed by atoms with E-state index in [0.717, 1.165) is 10.5 Å². The molecule has 1 fully saturated rings. The molecule has 4 rings (SSSR count). The highest BCUT2D eigenvalue weighted by molar-refractivity contribution is 7.89. The summed E-state index contributed by atoms with van der Waals surface area (Å²) in [4.78, 5) is 59.4. The second-order valence-corrected chi connectivity index (χ2v) is 15.7. The molecule has 1 saturated heterocycles. The van der Waals surface area contributed by atoms with Gasteiger partial charge in [-0.15, -0.1) is 0 Å². The van der Waals surface area contributed by atoms with Crippen molar-refractivity contribution in [2.75, 3.05) is 19.6 Å². The number of nitrogens with one attached hydrogen (secondary N) is 1. The highest BCUT2D eigenvalue weighted by atomic mass is 32.2. The summed E-state index contributed by atoms with van der Waals surface area (Å²) in [7, 11) is -4.12. The number of nitrogens with zero attached hydrogens (tertiary/aromatic N) is 5. The number of ketones is 1. The summed E-state index contributed by atoms with van der Waals surface area (Å²) < 4.78 is 29.0. The van der Waals surface area contributed by atoms with Gasteiger partial charge < -0.3 is 20.5 Å². The molecule has 0 spiro atoms. The number of carbonyl (C=O) groups is 4. The topological polar surface area (TPSA) is 190 Å². The average Bonchev–Trinajstić information content (AvgIpc) is 3.39. The lowest BCUT2D eigenvalue weighted by atomic mass is 9.95. The standard InChI is InChI=1S/C38H48N6O8S/c1-6-26(4)36(44-24-35(47)43(38(44)49)22-30-16-17-39-32(19-30)27(5)45)37(48)41-33(18-28-10-8-7-9-11-28)34(46)23-42(21-25(2)3)53(51,52)31-14-12-29(13-15-31)20-40-50/h7-17,19-20,25-26,33-34,36,46,50H,6,18,21-24H2,1-5H3,(H,41,48)/t26-,33-,34-,36-/m0/s1. The van der Waals surface area contributed by atoms with Gasteiger partial charge in [-0.25, -0.2) is 13.2 Å². The summed E-state index contributed by atoms with van der Waals surface area (Å²) in [6.45, 7) is 7.99. The number of amides is 4. The van der Waals surface area contributed by atoms with E-state index in [0.29, 0.717) is 17.5 Å². The Morgan fingerprint density at radius 3 is 2.30 bits per heavy atom. The largest absolute Gasteiger partial charge is 0.411 e. The second-order valence-electron chi connectivity index (χ2n) is 13.7. The molecule has 284 valence electrons. The number of urea groups is 1. The van der Waals surface area contributed by atoms with E-state index in [4.69, 9.17) is 5.21 Å². The lowest BCUT2D eigenvalue weighted by Gasteiger charge is -2.34. The Bertz CT molecular complexity index is 1890. The first-order chi connectivity index (χ1) is 25.2. The maximum absolute atomic E-state index is 14.3. The van der Waals surface area contributed by atoms with Crippen molar-refractivity contribution < 1.29 is 37.9 Å². The third-order valence-corrected chi connectivity index (χ3v) is 11.0. The van der Waals surface area contributed by atoms with Crippen LogP contribution in [0.4, 0.5) is 4.79 Å². The molecule has 1 aliphatic heterocycles. The van der Waals surface area contributed by atoms with E-state index in [9.17, 15) is 32.7 Å². The lowest BCUT2D eigenvalue weighted by Crippen LogP contribution is -2.57. The zero-order valence-corrected chi connectivity index (χ0v) is 31.4. The van der Waals surface area contributed by atoms with Gasteiger partial charge in [0.05, 0.1) is 29.8 Å². The van der Waals surface area contributed by atoms with Gasteiger partial charge in [-0.2, -0.15) is 4.31 Å². The minimum atomic E-state index is -4.12. The van der Waals surface area contributed by atoms with E-state index in [1.54, 1.807) is 13.0 Å². The predicted molar refractivity (Wildman–Crippen MR) is 198 cm³/mol. The molecule has 1 aliphatic rings. The zero-order valence-electron chi connectivity index (χ0n) is 30.6. The summed E-state index contributed by atoms with van der Waals surface area (Å²) in [5, 5.41) is 26.5. The smallest absolute Gasteiger partial charge is 0.328 e. The molecule has 4 amide bonds. The number of sulfonamides is 1. The van der Waals surface area contributed by atoms with Crippen LogP contribution in [0.3, 0.4) is 0 Å². The number of hydrogen-bond donors (Lipinski definition) is 3. The Kier molecular flexibility index (Phi) is 14.0. The molecule has 14 nitrogen and oxygen atoms in total. The Hall–Kier alpha value is -4.99. The van der Waals surface area contributed by atoms with Crippen molar-refractivity contribution in [2.24, 2.45) is 17.0 Å². The maximum atomic E-state index is 14.3. The van der Waals surface area contributed by atoms with Crippen molar-refractivity contribution in [3.63, 3.8) is 0 Å². The number of aromatic nitrogens is 1. The molecule has 0 aliphatic carbocycles. The molecule has 3 aromatic rings. The number of aliphatic hydroxyl groups excluding tert-OH is 1. The second kappa shape index (κ2) is 18.2. The van der Waals surface area contributed by atoms with Gasteiger partial charge in [0, 0.05) is 26.2 Å². The number of oxime groups is 1. The Morgan fingerprint density at radius 1 is 1.02 bits per heavy atom. The number of hydrogen-bond acceptors (Lipinski definition) is 10. The van der Waals surface area contributed by atoms with E-state index < -0.39 is 52.0 Å². The van der Waals surface area contributed by atoms with Crippen LogP contribution in [-0.2, 0) is 32.6 Å². The fraction of sp³-hybridized carbons (Fsp3) is 0.421. The molecular weight excluding hydrogens is 701 g/mol. The molecule has 0 unspecified atom stereocenters. The van der Waals surface area contributed by atoms with Crippen molar-refractivity contribution >= 4 is 39.9 Å². The number of rotatable bonds is 18. The number of pyridine rings is 1. The Labute approximate surface area is 310 Å². The van der Waals surface area contributed by atoms with Gasteiger partial charge in [0.15, 0.2) is 5.78 Å². The Balaban J connectivity index is 1.62. The maximum Gasteiger partial charge on any atom is 0.328 e. The first-order valence-electron chi connectivity index (χ1n) is 17.5. The minimum Gasteiger partial charge on any atom is -0.411 e. The van der Waals surface area contributed by atoms with Crippen LogP contribution in [-0.4, -0.2) is 105 Å². The van der Waals surface area contributed by atoms with Gasteiger partial charge in [-0.05, 0) is 59.2 Å². The molecule has 0 bridgehead atoms. The molecule has 2 heterocycles. The summed E-state index contributed by atoms with van der Waals surface area (Å²) in [5.74, 6) is -1.88. The highest BCUT2D eigenvalue weighted by Crippen LogP contribution is 2.25. The van der Waals surface area contributed by atoms with Crippen LogP contribution < -0.4 is 5.32 Å². The first kappa shape index (κ1) is 40.8. The SMILES string of the molecule is CC[C@H](C)[C@@H](C(=O)N[C@@H](Cc1ccccc1)[C@@H](O)CN(CC(C)C)S(=O)(=O)c1ccc(C=NO)cc1)N1CC(=O)N(Cc2ccnc(C(C)=O)c2)C1=O. The summed E-state index contributed by atoms with van der Waals surface area (Å²) >= 11 is 0. The third kappa shape index (κ3) is 10.3. The zero-order chi connectivity index (χ0) is 38.9. The summed E-state index contributed by atoms with van der Waals surface area (Å²) in [5.41, 5.74) is 1.99. The van der Waals surface area contributed by atoms with Crippen molar-refractivity contribution in [1.29, 1.82) is 0 Å². The van der Waals surface area contributed by atoms with Crippen LogP contribution >= 0.6 is 0 Å². The molecule has 0 radical (unpaired) electrons. The first-order valence-corrected chi connectivity index (χ1v) is 19.0. The fourth-order valence-corrected chi connectivity index (χ4v) is 7.81. The quantitative estimate of drug-likeness (QED) is 0.0573. The number of Topliss-reactive ketones (excluding diaryl/α,β-unsaturated/α-hetero) is 1. The van der Waals surface area contributed by atoms with Crippen LogP contribution in [0.1, 0.15) is 68.2 Å². The van der Waals surface area contributed by atoms with Gasteiger partial charge in [-0.3, -0.25) is 24.3 Å². The summed E-state index contributed by atoms with van der Waals surface area (Å²) in [6, 6.07) is 15.3. The monoisotopic (exact) mass is 748 g/mol. The molecule has 4 atom stereocenters. The van der Waals surface area contributed by atoms with E-state index in [1.165, 1.54) is 58.9 Å². The highest BCUT2D eigenvalue weighted by Gasteiger charge is 2.45. The van der Waals surface area contributed by atoms with E-state index in [-0.39, 0.29) is 54.9 Å². The summed E-state index contributed by atoms with van der Waals surface area (Å²) in [6.07, 6.45) is 1.84. The normalized spacial score (nSPS) is 16.0. The van der Waals surface area contributed by atoms with Crippen molar-refractivity contribution in [3.8, 4) is 0 Å². The third-order valence-electron chi connectivity index (χ3n) is 9.17. The van der Waals surface area contributed by atoms with Gasteiger partial charge in [-0.1, -0.05) is 81.7 Å². The predicted octanol–water partition coefficient (Wildman–Crippen LogP) is 3.71. The molecule has 2 aromatic carbocycles. The molecule has 3 N–H and O–H groups in total. The molecule has 53 heavy (non-hydrogen) atoms. The van der Waals surface area contributed by atoms with Crippen LogP contribution in [0.25, 0.3) is 0 Å². The fourth-order valence-electron chi connectivity index (χ4n) is 6.19. The average molecular weight is 749 g/mol. The molecule has 0 saturated carbocycles. The van der Waals surface area contributed by atoms with Crippen LogP contribution in [0.2, 0.25) is 0 Å². The van der Waals surface area contributed by atoms with E-state index in [1.807, 2.05) is 51.1 Å². The number of benzene rings is 2. The minimum absolute atomic E-state index is 0.0213. The van der Waals surface area contributed by atoms with Gasteiger partial charge in [0.25, 0.3) is 5.91 Å². The molecule has 1 aromatic heterocycles. The van der Waals surface area contributed by atoms with Crippen molar-refractivity contribution in [1.82, 2.24) is 24.4 Å². The molecule has 15 heteroatoms. The molecular formula is C38H48N6O8S. The lowest BCUT2D eigenvalue weighted by molar-refractivity contribution is -0.129. The van der Waals surface area contributed by atoms with Crippen LogP contribution in [0.15, 0.2) is 83.0 Å². The van der Waals surface area contributed by atoms with Crippen LogP contribution in [0, 0.1) is 11.8 Å². The number of aliphatic hydroxyl groups is 1. The number of carbonyl (C=O) groups excluding carboxylic acids is 4. The van der Waals surface area contributed by atoms with Gasteiger partial charge in [0.2, 0.25) is 15.9 Å². The van der Waals surface area contributed by atoms with Crippen molar-refractivity contribution in [3.05, 3.63) is 95.3 Å². The Morgan fingerprint density at radius 2 is 1.70 bits per heavy atom. The van der Waals surface area contributed by atoms with Crippen LogP contribution in [0.5, 0.6) is 0 Å². The van der Waals surface area contributed by atoms with E-state index in [2.05, 4.69) is 15.5 Å². The number of imide groups is 1.